The summed E-state index contributed by atoms with van der Waals surface area (Å²) in [7, 11) is 0. The number of nitrogens with one attached hydrogen (secondary N) is 1. The van der Waals surface area contributed by atoms with Gasteiger partial charge in [-0.25, -0.2) is 14.8 Å². The highest BCUT2D eigenvalue weighted by molar-refractivity contribution is 7.16. The van der Waals surface area contributed by atoms with Crippen molar-refractivity contribution >= 4 is 39.0 Å². The monoisotopic (exact) mass is 309 g/mol. The molecule has 0 radical (unpaired) electrons. The fourth-order valence-corrected chi connectivity index (χ4v) is 2.70. The Morgan fingerprint density at radius 2 is 2.20 bits per heavy atom. The van der Waals surface area contributed by atoms with Crippen molar-refractivity contribution in [3.05, 3.63) is 49.3 Å². The number of anilines is 1. The lowest BCUT2D eigenvalue weighted by Crippen LogP contribution is -2.30. The summed E-state index contributed by atoms with van der Waals surface area (Å²) in [4.78, 5) is 34.2. The van der Waals surface area contributed by atoms with Crippen molar-refractivity contribution in [3.63, 3.8) is 0 Å². The van der Waals surface area contributed by atoms with Crippen LogP contribution in [-0.2, 0) is 6.54 Å². The Morgan fingerprint density at radius 3 is 3.00 bits per heavy atom. The third-order valence-corrected chi connectivity index (χ3v) is 3.76. The highest BCUT2D eigenvalue weighted by Crippen LogP contribution is 2.22. The van der Waals surface area contributed by atoms with Gasteiger partial charge in [0.2, 0.25) is 0 Å². The van der Waals surface area contributed by atoms with E-state index in [1.54, 1.807) is 0 Å². The van der Waals surface area contributed by atoms with Crippen LogP contribution in [0.2, 0.25) is 5.02 Å². The molecule has 0 aromatic carbocycles. The molecule has 0 fully saturated rings. The van der Waals surface area contributed by atoms with Crippen molar-refractivity contribution in [1.82, 2.24) is 19.5 Å². The molecule has 7 nitrogen and oxygen atoms in total. The Morgan fingerprint density at radius 1 is 1.40 bits per heavy atom. The highest BCUT2D eigenvalue weighted by Gasteiger charge is 2.09. The molecule has 3 aromatic heterocycles. The van der Waals surface area contributed by atoms with Gasteiger partial charge in [-0.3, -0.25) is 14.3 Å². The van der Waals surface area contributed by atoms with Gasteiger partial charge in [0.05, 0.1) is 11.9 Å². The van der Waals surface area contributed by atoms with Crippen LogP contribution in [0.4, 0.5) is 5.82 Å². The lowest BCUT2D eigenvalue weighted by atomic mass is 10.4. The second-order valence-corrected chi connectivity index (χ2v) is 5.33. The number of thiophene rings is 1. The average Bonchev–Trinajstić information content (AvgIpc) is 2.85. The van der Waals surface area contributed by atoms with Crippen LogP contribution in [0.25, 0.3) is 10.2 Å². The van der Waals surface area contributed by atoms with Gasteiger partial charge in [0.15, 0.2) is 5.82 Å². The number of rotatable bonds is 2. The average molecular weight is 310 g/mol. The molecule has 0 aliphatic rings. The molecule has 9 heteroatoms. The second-order valence-electron chi connectivity index (χ2n) is 4.03. The summed E-state index contributed by atoms with van der Waals surface area (Å²) < 4.78 is 1.22. The molecule has 0 amide bonds. The number of fused-ring (bicyclic) bond motifs is 1. The van der Waals surface area contributed by atoms with Gasteiger partial charge >= 0.3 is 5.69 Å². The van der Waals surface area contributed by atoms with Gasteiger partial charge in [-0.05, 0) is 11.4 Å². The minimum atomic E-state index is -0.623. The topological polar surface area (TPSA) is 107 Å². The van der Waals surface area contributed by atoms with Crippen LogP contribution in [0.1, 0.15) is 5.82 Å². The predicted molar refractivity (Wildman–Crippen MR) is 77.3 cm³/mol. The van der Waals surface area contributed by atoms with Gasteiger partial charge in [-0.2, -0.15) is 0 Å². The van der Waals surface area contributed by atoms with Crippen LogP contribution in [0.15, 0.2) is 27.2 Å². The molecule has 0 bridgehead atoms. The molecule has 3 N–H and O–H groups in total. The first-order valence-corrected chi connectivity index (χ1v) is 6.79. The van der Waals surface area contributed by atoms with Crippen LogP contribution in [0.3, 0.4) is 0 Å². The summed E-state index contributed by atoms with van der Waals surface area (Å²) in [6.07, 6.45) is 1.25. The zero-order valence-corrected chi connectivity index (χ0v) is 11.5. The number of aromatic amines is 1. The van der Waals surface area contributed by atoms with Crippen LogP contribution in [0.5, 0.6) is 0 Å². The molecule has 3 rings (SSSR count). The summed E-state index contributed by atoms with van der Waals surface area (Å²) in [5.41, 5.74) is 4.63. The molecule has 0 atom stereocenters. The summed E-state index contributed by atoms with van der Waals surface area (Å²) in [6, 6.07) is 1.84. The SMILES string of the molecule is Nc1nc(Cn2cc(Cl)c(=O)[nH]c2=O)nc2sccc12. The Balaban J connectivity index is 2.07. The fraction of sp³-hybridized carbons (Fsp3) is 0.0909. The van der Waals surface area contributed by atoms with Crippen LogP contribution < -0.4 is 17.0 Å². The minimum Gasteiger partial charge on any atom is -0.383 e. The van der Waals surface area contributed by atoms with E-state index in [0.717, 1.165) is 10.2 Å². The van der Waals surface area contributed by atoms with E-state index in [9.17, 15) is 9.59 Å². The lowest BCUT2D eigenvalue weighted by Gasteiger charge is -2.05. The molecule has 0 spiro atoms. The van der Waals surface area contributed by atoms with Crippen molar-refractivity contribution in [1.29, 1.82) is 0 Å². The number of H-pyrrole nitrogens is 1. The van der Waals surface area contributed by atoms with E-state index in [-0.39, 0.29) is 11.6 Å². The molecule has 3 aromatic rings. The molecule has 0 saturated heterocycles. The zero-order chi connectivity index (χ0) is 14.3. The summed E-state index contributed by atoms with van der Waals surface area (Å²) in [5.74, 6) is 0.734. The maximum Gasteiger partial charge on any atom is 0.328 e. The van der Waals surface area contributed by atoms with E-state index in [0.29, 0.717) is 11.6 Å². The van der Waals surface area contributed by atoms with Gasteiger partial charge in [0, 0.05) is 6.20 Å². The third kappa shape index (κ3) is 2.19. The Bertz CT molecular complexity index is 913. The molecule has 3 heterocycles. The third-order valence-electron chi connectivity index (χ3n) is 2.68. The summed E-state index contributed by atoms with van der Waals surface area (Å²) in [5, 5.41) is 2.57. The number of aromatic nitrogens is 4. The van der Waals surface area contributed by atoms with E-state index >= 15 is 0 Å². The van der Waals surface area contributed by atoms with Gasteiger partial charge in [-0.15, -0.1) is 11.3 Å². The summed E-state index contributed by atoms with van der Waals surface area (Å²) >= 11 is 7.13. The van der Waals surface area contributed by atoms with Crippen LogP contribution >= 0.6 is 22.9 Å². The molecule has 102 valence electrons. The van der Waals surface area contributed by atoms with Gasteiger partial charge < -0.3 is 5.73 Å². The van der Waals surface area contributed by atoms with Crippen molar-refractivity contribution < 1.29 is 0 Å². The molecular formula is C11H8ClN5O2S. The molecule has 20 heavy (non-hydrogen) atoms. The Hall–Kier alpha value is -2.19. The Kier molecular flexibility index (Phi) is 3.03. The first-order chi connectivity index (χ1) is 9.54. The highest BCUT2D eigenvalue weighted by atomic mass is 35.5. The quantitative estimate of drug-likeness (QED) is 0.729. The minimum absolute atomic E-state index is 0.0743. The predicted octanol–water partition coefficient (Wildman–Crippen LogP) is 0.825. The molecular weight excluding hydrogens is 302 g/mol. The van der Waals surface area contributed by atoms with E-state index in [2.05, 4.69) is 15.0 Å². The van der Waals surface area contributed by atoms with Gasteiger partial charge in [0.25, 0.3) is 5.56 Å². The maximum atomic E-state index is 11.7. The number of nitrogens with zero attached hydrogens (tertiary/aromatic N) is 3. The van der Waals surface area contributed by atoms with Crippen molar-refractivity contribution in [3.8, 4) is 0 Å². The molecule has 0 aliphatic carbocycles. The van der Waals surface area contributed by atoms with Crippen molar-refractivity contribution in [2.45, 2.75) is 6.54 Å². The normalized spacial score (nSPS) is 11.1. The number of nitrogen functional groups attached to an aromatic ring is 1. The standard InChI is InChI=1S/C11H8ClN5O2S/c12-6-3-17(11(19)16-9(6)18)4-7-14-8(13)5-1-2-20-10(5)15-7/h1-3H,4H2,(H2,13,14,15)(H,16,18,19). The van der Waals surface area contributed by atoms with Crippen LogP contribution in [-0.4, -0.2) is 19.5 Å². The smallest absolute Gasteiger partial charge is 0.328 e. The number of halogens is 1. The summed E-state index contributed by atoms with van der Waals surface area (Å²) in [6.45, 7) is 0.0768. The van der Waals surface area contributed by atoms with Crippen molar-refractivity contribution in [2.24, 2.45) is 0 Å². The van der Waals surface area contributed by atoms with E-state index in [4.69, 9.17) is 17.3 Å². The van der Waals surface area contributed by atoms with Crippen LogP contribution in [0, 0.1) is 0 Å². The maximum absolute atomic E-state index is 11.7. The molecule has 0 saturated carbocycles. The Labute approximate surface area is 120 Å². The van der Waals surface area contributed by atoms with E-state index in [1.807, 2.05) is 11.4 Å². The molecule has 0 unspecified atom stereocenters. The number of nitrogens with two attached hydrogens (primary N) is 1. The second kappa shape index (κ2) is 4.73. The van der Waals surface area contributed by atoms with Gasteiger partial charge in [0.1, 0.15) is 15.7 Å². The lowest BCUT2D eigenvalue weighted by molar-refractivity contribution is 0.690. The zero-order valence-electron chi connectivity index (χ0n) is 9.96. The van der Waals surface area contributed by atoms with E-state index in [1.165, 1.54) is 22.1 Å². The molecule has 0 aliphatic heterocycles. The van der Waals surface area contributed by atoms with E-state index < -0.39 is 11.2 Å². The largest absolute Gasteiger partial charge is 0.383 e. The van der Waals surface area contributed by atoms with Gasteiger partial charge in [-0.1, -0.05) is 11.6 Å². The first kappa shape index (κ1) is 12.8. The first-order valence-electron chi connectivity index (χ1n) is 5.53. The van der Waals surface area contributed by atoms with Crippen molar-refractivity contribution in [2.75, 3.05) is 5.73 Å². The fourth-order valence-electron chi connectivity index (χ4n) is 1.75. The number of hydrogen-bond acceptors (Lipinski definition) is 6. The number of hydrogen-bond donors (Lipinski definition) is 2.